The zero-order valence-corrected chi connectivity index (χ0v) is 17.8. The number of halogens is 1. The maximum absolute atomic E-state index is 13.1. The van der Waals surface area contributed by atoms with Gasteiger partial charge in [0, 0.05) is 43.3 Å². The van der Waals surface area contributed by atoms with Crippen LogP contribution >= 0.6 is 11.6 Å². The molecule has 0 saturated carbocycles. The molecule has 152 valence electrons. The number of carbonyl (C=O) groups is 1. The lowest BCUT2D eigenvalue weighted by molar-refractivity contribution is -0.145. The summed E-state index contributed by atoms with van der Waals surface area (Å²) in [5, 5.41) is 4.68. The summed E-state index contributed by atoms with van der Waals surface area (Å²) in [5.74, 6) is 1.51. The van der Waals surface area contributed by atoms with Gasteiger partial charge in [-0.2, -0.15) is 0 Å². The minimum Gasteiger partial charge on any atom is -0.478 e. The maximum Gasteiger partial charge on any atom is 0.266 e. The number of amides is 1. The Kier molecular flexibility index (Phi) is 6.30. The molecule has 1 saturated heterocycles. The lowest BCUT2D eigenvalue weighted by Crippen LogP contribution is -2.50. The summed E-state index contributed by atoms with van der Waals surface area (Å²) < 4.78 is 11.2. The standard InChI is InChI=1S/C21H28ClN3O3/c1-15-19(16(2)28-23-15)14-24-10-5-11-25(13-12-24)20(26)21(3,4)27-18-8-6-17(22)7-9-18/h6-9H,5,10-14H2,1-4H3. The molecule has 0 bridgehead atoms. The van der Waals surface area contributed by atoms with Crippen molar-refractivity contribution in [3.63, 3.8) is 0 Å². The van der Waals surface area contributed by atoms with Crippen LogP contribution in [0.5, 0.6) is 5.75 Å². The SMILES string of the molecule is Cc1noc(C)c1CN1CCCN(C(=O)C(C)(C)Oc2ccc(Cl)cc2)CC1. The van der Waals surface area contributed by atoms with Crippen molar-refractivity contribution in [2.45, 2.75) is 46.3 Å². The summed E-state index contributed by atoms with van der Waals surface area (Å²) in [6.07, 6.45) is 0.923. The van der Waals surface area contributed by atoms with Crippen LogP contribution < -0.4 is 4.74 Å². The van der Waals surface area contributed by atoms with Gasteiger partial charge in [-0.15, -0.1) is 0 Å². The van der Waals surface area contributed by atoms with Crippen molar-refractivity contribution in [2.75, 3.05) is 26.2 Å². The molecule has 0 unspecified atom stereocenters. The van der Waals surface area contributed by atoms with E-state index in [9.17, 15) is 4.79 Å². The molecule has 0 N–H and O–H groups in total. The normalized spacial score (nSPS) is 16.1. The zero-order valence-electron chi connectivity index (χ0n) is 17.0. The molecule has 7 heteroatoms. The van der Waals surface area contributed by atoms with Gasteiger partial charge in [-0.3, -0.25) is 9.69 Å². The van der Waals surface area contributed by atoms with Crippen LogP contribution in [0.15, 0.2) is 28.8 Å². The van der Waals surface area contributed by atoms with Gasteiger partial charge in [0.1, 0.15) is 11.5 Å². The van der Waals surface area contributed by atoms with E-state index in [1.807, 2.05) is 32.6 Å². The predicted molar refractivity (Wildman–Crippen MR) is 109 cm³/mol. The Balaban J connectivity index is 1.60. The third-order valence-corrected chi connectivity index (χ3v) is 5.39. The van der Waals surface area contributed by atoms with Crippen LogP contribution in [0.3, 0.4) is 0 Å². The quantitative estimate of drug-likeness (QED) is 0.756. The van der Waals surface area contributed by atoms with Crippen LogP contribution in [0, 0.1) is 13.8 Å². The average molecular weight is 406 g/mol. The first kappa shape index (κ1) is 20.7. The van der Waals surface area contributed by atoms with Crippen molar-refractivity contribution in [2.24, 2.45) is 0 Å². The fraction of sp³-hybridized carbons (Fsp3) is 0.524. The number of aryl methyl sites for hydroxylation is 2. The third kappa shape index (κ3) is 4.86. The van der Waals surface area contributed by atoms with Crippen LogP contribution in [0.1, 0.15) is 37.3 Å². The molecular formula is C21H28ClN3O3. The van der Waals surface area contributed by atoms with Gasteiger partial charge in [0.15, 0.2) is 5.60 Å². The molecular weight excluding hydrogens is 378 g/mol. The van der Waals surface area contributed by atoms with Gasteiger partial charge < -0.3 is 14.2 Å². The molecule has 1 amide bonds. The molecule has 2 aromatic rings. The van der Waals surface area contributed by atoms with E-state index in [2.05, 4.69) is 10.1 Å². The van der Waals surface area contributed by atoms with Crippen molar-refractivity contribution < 1.29 is 14.1 Å². The molecule has 2 heterocycles. The van der Waals surface area contributed by atoms with E-state index in [-0.39, 0.29) is 5.91 Å². The highest BCUT2D eigenvalue weighted by molar-refractivity contribution is 6.30. The zero-order chi connectivity index (χ0) is 20.3. The molecule has 1 aromatic carbocycles. The molecule has 0 atom stereocenters. The monoisotopic (exact) mass is 405 g/mol. The first-order chi connectivity index (χ1) is 13.3. The fourth-order valence-electron chi connectivity index (χ4n) is 3.51. The second-order valence-corrected chi connectivity index (χ2v) is 8.23. The molecule has 6 nitrogen and oxygen atoms in total. The molecule has 0 spiro atoms. The van der Waals surface area contributed by atoms with Gasteiger partial charge in [0.05, 0.1) is 5.69 Å². The number of nitrogens with zero attached hydrogens (tertiary/aromatic N) is 3. The van der Waals surface area contributed by atoms with E-state index < -0.39 is 5.60 Å². The Bertz CT molecular complexity index is 797. The van der Waals surface area contributed by atoms with Gasteiger partial charge in [-0.25, -0.2) is 0 Å². The van der Waals surface area contributed by atoms with E-state index in [1.165, 1.54) is 0 Å². The Hall–Kier alpha value is -2.05. The summed E-state index contributed by atoms with van der Waals surface area (Å²) >= 11 is 5.92. The summed E-state index contributed by atoms with van der Waals surface area (Å²) in [6.45, 7) is 11.5. The second-order valence-electron chi connectivity index (χ2n) is 7.79. The highest BCUT2D eigenvalue weighted by atomic mass is 35.5. The van der Waals surface area contributed by atoms with E-state index in [1.54, 1.807) is 24.3 Å². The number of hydrogen-bond acceptors (Lipinski definition) is 5. The Morgan fingerprint density at radius 1 is 1.18 bits per heavy atom. The first-order valence-corrected chi connectivity index (χ1v) is 10.0. The van der Waals surface area contributed by atoms with Crippen molar-refractivity contribution in [3.8, 4) is 5.75 Å². The highest BCUT2D eigenvalue weighted by Gasteiger charge is 2.35. The number of aromatic nitrogens is 1. The Morgan fingerprint density at radius 3 is 2.54 bits per heavy atom. The largest absolute Gasteiger partial charge is 0.478 e. The van der Waals surface area contributed by atoms with Gasteiger partial charge in [-0.1, -0.05) is 16.8 Å². The summed E-state index contributed by atoms with van der Waals surface area (Å²) in [5.41, 5.74) is 1.14. The van der Waals surface area contributed by atoms with Crippen LogP contribution in [0.4, 0.5) is 0 Å². The fourth-order valence-corrected chi connectivity index (χ4v) is 3.63. The van der Waals surface area contributed by atoms with E-state index in [0.717, 1.165) is 49.6 Å². The van der Waals surface area contributed by atoms with Crippen LogP contribution in [0.2, 0.25) is 5.02 Å². The van der Waals surface area contributed by atoms with E-state index in [4.69, 9.17) is 20.9 Å². The molecule has 0 aliphatic carbocycles. The lowest BCUT2D eigenvalue weighted by atomic mass is 10.1. The summed E-state index contributed by atoms with van der Waals surface area (Å²) in [4.78, 5) is 17.4. The number of ether oxygens (including phenoxy) is 1. The lowest BCUT2D eigenvalue weighted by Gasteiger charge is -2.32. The van der Waals surface area contributed by atoms with Gasteiger partial charge in [0.25, 0.3) is 5.91 Å². The highest BCUT2D eigenvalue weighted by Crippen LogP contribution is 2.23. The minimum absolute atomic E-state index is 0.00152. The number of rotatable bonds is 5. The molecule has 1 aliphatic rings. The average Bonchev–Trinajstić information content (AvgIpc) is 2.85. The molecule has 1 aromatic heterocycles. The van der Waals surface area contributed by atoms with Gasteiger partial charge in [0.2, 0.25) is 0 Å². The predicted octanol–water partition coefficient (Wildman–Crippen LogP) is 3.84. The minimum atomic E-state index is -0.940. The van der Waals surface area contributed by atoms with Crippen molar-refractivity contribution in [1.82, 2.24) is 15.0 Å². The molecule has 0 radical (unpaired) electrons. The van der Waals surface area contributed by atoms with Crippen LogP contribution in [0.25, 0.3) is 0 Å². The van der Waals surface area contributed by atoms with E-state index >= 15 is 0 Å². The van der Waals surface area contributed by atoms with Crippen molar-refractivity contribution >= 4 is 17.5 Å². The Labute approximate surface area is 171 Å². The van der Waals surface area contributed by atoms with Crippen LogP contribution in [-0.2, 0) is 11.3 Å². The first-order valence-electron chi connectivity index (χ1n) is 9.64. The molecule has 3 rings (SSSR count). The van der Waals surface area contributed by atoms with Gasteiger partial charge >= 0.3 is 0 Å². The van der Waals surface area contributed by atoms with E-state index in [0.29, 0.717) is 17.3 Å². The molecule has 1 fully saturated rings. The smallest absolute Gasteiger partial charge is 0.266 e. The maximum atomic E-state index is 13.1. The number of hydrogen-bond donors (Lipinski definition) is 0. The Morgan fingerprint density at radius 2 is 1.89 bits per heavy atom. The summed E-state index contributed by atoms with van der Waals surface area (Å²) in [7, 11) is 0. The second kappa shape index (κ2) is 8.53. The third-order valence-electron chi connectivity index (χ3n) is 5.14. The summed E-state index contributed by atoms with van der Waals surface area (Å²) in [6, 6.07) is 7.09. The molecule has 1 aliphatic heterocycles. The number of carbonyl (C=O) groups excluding carboxylic acids is 1. The topological polar surface area (TPSA) is 58.8 Å². The van der Waals surface area contributed by atoms with Gasteiger partial charge in [-0.05, 0) is 58.4 Å². The van der Waals surface area contributed by atoms with Crippen molar-refractivity contribution in [3.05, 3.63) is 46.3 Å². The number of benzene rings is 1. The molecule has 28 heavy (non-hydrogen) atoms. The van der Waals surface area contributed by atoms with Crippen molar-refractivity contribution in [1.29, 1.82) is 0 Å². The van der Waals surface area contributed by atoms with Crippen LogP contribution in [-0.4, -0.2) is 52.6 Å².